The average Bonchev–Trinajstić information content (AvgIpc) is 2.38. The molecule has 0 spiro atoms. The van der Waals surface area contributed by atoms with Crippen molar-refractivity contribution in [2.24, 2.45) is 0 Å². The number of aromatic nitrogens is 1. The molecule has 2 rings (SSSR count). The molecule has 0 unspecified atom stereocenters. The van der Waals surface area contributed by atoms with Crippen molar-refractivity contribution in [3.05, 3.63) is 46.9 Å². The molecule has 1 N–H and O–H groups in total. The highest BCUT2D eigenvalue weighted by molar-refractivity contribution is 6.31. The van der Waals surface area contributed by atoms with E-state index in [1.165, 1.54) is 37.6 Å². The third-order valence-corrected chi connectivity index (χ3v) is 2.72. The zero-order chi connectivity index (χ0) is 14.0. The van der Waals surface area contributed by atoms with Crippen LogP contribution in [0.3, 0.4) is 0 Å². The second-order valence-corrected chi connectivity index (χ2v) is 4.15. The minimum Gasteiger partial charge on any atom is -0.479 e. The standard InChI is InChI=1S/C13H9ClFNO3/c1-19-12-11(15)10(2-3-16-12)7-4-8(13(17)18)6-9(14)5-7/h2-6H,1H3,(H,17,18). The molecule has 2 aromatic rings. The lowest BCUT2D eigenvalue weighted by Crippen LogP contribution is -1.98. The third kappa shape index (κ3) is 2.66. The Morgan fingerprint density at radius 2 is 2.16 bits per heavy atom. The summed E-state index contributed by atoms with van der Waals surface area (Å²) in [5.41, 5.74) is 0.512. The molecule has 0 saturated heterocycles. The number of hydrogen-bond acceptors (Lipinski definition) is 3. The first-order valence-corrected chi connectivity index (χ1v) is 5.63. The van der Waals surface area contributed by atoms with Crippen molar-refractivity contribution in [1.82, 2.24) is 4.98 Å². The summed E-state index contributed by atoms with van der Waals surface area (Å²) in [6.07, 6.45) is 1.37. The van der Waals surface area contributed by atoms with E-state index < -0.39 is 11.8 Å². The number of aromatic carboxylic acids is 1. The summed E-state index contributed by atoms with van der Waals surface area (Å²) in [5.74, 6) is -1.96. The molecule has 0 saturated carbocycles. The molecule has 4 nitrogen and oxygen atoms in total. The number of nitrogens with zero attached hydrogens (tertiary/aromatic N) is 1. The van der Waals surface area contributed by atoms with E-state index in [-0.39, 0.29) is 22.0 Å². The lowest BCUT2D eigenvalue weighted by molar-refractivity contribution is 0.0697. The van der Waals surface area contributed by atoms with Crippen LogP contribution in [0.4, 0.5) is 4.39 Å². The zero-order valence-corrected chi connectivity index (χ0v) is 10.6. The Kier molecular flexibility index (Phi) is 3.66. The molecule has 19 heavy (non-hydrogen) atoms. The number of pyridine rings is 1. The number of rotatable bonds is 3. The monoisotopic (exact) mass is 281 g/mol. The number of carboxylic acids is 1. The predicted molar refractivity (Wildman–Crippen MR) is 68.2 cm³/mol. The number of benzene rings is 1. The van der Waals surface area contributed by atoms with Gasteiger partial charge in [-0.2, -0.15) is 0 Å². The topological polar surface area (TPSA) is 59.4 Å². The fraction of sp³-hybridized carbons (Fsp3) is 0.0769. The quantitative estimate of drug-likeness (QED) is 0.938. The van der Waals surface area contributed by atoms with Crippen LogP contribution in [0.25, 0.3) is 11.1 Å². The summed E-state index contributed by atoms with van der Waals surface area (Å²) < 4.78 is 18.8. The molecular weight excluding hydrogens is 273 g/mol. The van der Waals surface area contributed by atoms with Gasteiger partial charge < -0.3 is 9.84 Å². The van der Waals surface area contributed by atoms with E-state index in [0.29, 0.717) is 5.56 Å². The number of hydrogen-bond donors (Lipinski definition) is 1. The van der Waals surface area contributed by atoms with Gasteiger partial charge in [-0.05, 0) is 29.8 Å². The number of carboxylic acid groups (broad SMARTS) is 1. The molecule has 0 fully saturated rings. The van der Waals surface area contributed by atoms with Crippen LogP contribution in [0.2, 0.25) is 5.02 Å². The summed E-state index contributed by atoms with van der Waals surface area (Å²) in [6.45, 7) is 0. The average molecular weight is 282 g/mol. The summed E-state index contributed by atoms with van der Waals surface area (Å²) >= 11 is 5.84. The van der Waals surface area contributed by atoms with Crippen LogP contribution in [-0.2, 0) is 0 Å². The fourth-order valence-corrected chi connectivity index (χ4v) is 1.89. The first-order chi connectivity index (χ1) is 9.02. The minimum atomic E-state index is -1.13. The van der Waals surface area contributed by atoms with E-state index in [9.17, 15) is 9.18 Å². The van der Waals surface area contributed by atoms with Gasteiger partial charge in [0.25, 0.3) is 5.88 Å². The second-order valence-electron chi connectivity index (χ2n) is 3.72. The van der Waals surface area contributed by atoms with Gasteiger partial charge in [-0.1, -0.05) is 11.6 Å². The highest BCUT2D eigenvalue weighted by atomic mass is 35.5. The first-order valence-electron chi connectivity index (χ1n) is 5.25. The molecule has 0 aliphatic rings. The van der Waals surface area contributed by atoms with Gasteiger partial charge in [0.05, 0.1) is 12.7 Å². The highest BCUT2D eigenvalue weighted by Gasteiger charge is 2.14. The molecule has 0 amide bonds. The normalized spacial score (nSPS) is 10.3. The molecular formula is C13H9ClFNO3. The summed E-state index contributed by atoms with van der Waals surface area (Å²) in [6, 6.07) is 5.54. The Morgan fingerprint density at radius 1 is 1.42 bits per heavy atom. The Morgan fingerprint density at radius 3 is 2.79 bits per heavy atom. The Balaban J connectivity index is 2.62. The van der Waals surface area contributed by atoms with Gasteiger partial charge in [0.15, 0.2) is 5.82 Å². The van der Waals surface area contributed by atoms with Crippen LogP contribution in [0, 0.1) is 5.82 Å². The van der Waals surface area contributed by atoms with Crippen molar-refractivity contribution < 1.29 is 19.0 Å². The van der Waals surface area contributed by atoms with Crippen LogP contribution >= 0.6 is 11.6 Å². The Labute approximate surface area is 113 Å². The molecule has 1 aromatic heterocycles. The third-order valence-electron chi connectivity index (χ3n) is 2.51. The molecule has 0 bridgehead atoms. The van der Waals surface area contributed by atoms with Gasteiger partial charge >= 0.3 is 5.97 Å². The van der Waals surface area contributed by atoms with E-state index in [4.69, 9.17) is 21.4 Å². The summed E-state index contributed by atoms with van der Waals surface area (Å²) in [5, 5.41) is 9.17. The van der Waals surface area contributed by atoms with Crippen molar-refractivity contribution in [3.8, 4) is 17.0 Å². The van der Waals surface area contributed by atoms with Crippen LogP contribution in [0.15, 0.2) is 30.5 Å². The van der Waals surface area contributed by atoms with Crippen molar-refractivity contribution in [2.75, 3.05) is 7.11 Å². The second kappa shape index (κ2) is 5.24. The molecule has 98 valence electrons. The number of methoxy groups -OCH3 is 1. The maximum atomic E-state index is 14.0. The van der Waals surface area contributed by atoms with Gasteiger partial charge in [0, 0.05) is 16.8 Å². The van der Waals surface area contributed by atoms with E-state index in [2.05, 4.69) is 4.98 Å². The van der Waals surface area contributed by atoms with Crippen molar-refractivity contribution in [2.45, 2.75) is 0 Å². The minimum absolute atomic E-state index is 0.0160. The van der Waals surface area contributed by atoms with Crippen LogP contribution in [0.1, 0.15) is 10.4 Å². The predicted octanol–water partition coefficient (Wildman–Crippen LogP) is 3.25. The molecule has 1 heterocycles. The van der Waals surface area contributed by atoms with E-state index in [1.54, 1.807) is 0 Å². The zero-order valence-electron chi connectivity index (χ0n) is 9.85. The first kappa shape index (κ1) is 13.3. The van der Waals surface area contributed by atoms with Crippen molar-refractivity contribution >= 4 is 17.6 Å². The van der Waals surface area contributed by atoms with Crippen LogP contribution < -0.4 is 4.74 Å². The highest BCUT2D eigenvalue weighted by Crippen LogP contribution is 2.30. The number of ether oxygens (including phenoxy) is 1. The van der Waals surface area contributed by atoms with Gasteiger partial charge in [-0.15, -0.1) is 0 Å². The van der Waals surface area contributed by atoms with Crippen molar-refractivity contribution in [1.29, 1.82) is 0 Å². The maximum Gasteiger partial charge on any atom is 0.335 e. The van der Waals surface area contributed by atoms with Crippen LogP contribution in [0.5, 0.6) is 5.88 Å². The van der Waals surface area contributed by atoms with Crippen molar-refractivity contribution in [3.63, 3.8) is 0 Å². The maximum absolute atomic E-state index is 14.0. The lowest BCUT2D eigenvalue weighted by atomic mass is 10.0. The fourth-order valence-electron chi connectivity index (χ4n) is 1.66. The SMILES string of the molecule is COc1nccc(-c2cc(Cl)cc(C(=O)O)c2)c1F. The smallest absolute Gasteiger partial charge is 0.335 e. The molecule has 0 aliphatic carbocycles. The largest absolute Gasteiger partial charge is 0.479 e. The number of carbonyl (C=O) groups is 1. The van der Waals surface area contributed by atoms with Gasteiger partial charge in [-0.3, -0.25) is 0 Å². The van der Waals surface area contributed by atoms with E-state index in [1.807, 2.05) is 0 Å². The molecule has 0 atom stereocenters. The van der Waals surface area contributed by atoms with Gasteiger partial charge in [-0.25, -0.2) is 14.2 Å². The van der Waals surface area contributed by atoms with E-state index in [0.717, 1.165) is 0 Å². The molecule has 0 aliphatic heterocycles. The molecule has 0 radical (unpaired) electrons. The van der Waals surface area contributed by atoms with E-state index >= 15 is 0 Å². The molecule has 6 heteroatoms. The van der Waals surface area contributed by atoms with Gasteiger partial charge in [0.1, 0.15) is 0 Å². The number of halogens is 2. The Bertz CT molecular complexity index is 646. The molecule has 1 aromatic carbocycles. The Hall–Kier alpha value is -2.14. The van der Waals surface area contributed by atoms with Crippen LogP contribution in [-0.4, -0.2) is 23.2 Å². The van der Waals surface area contributed by atoms with Gasteiger partial charge in [0.2, 0.25) is 0 Å². The summed E-state index contributed by atoms with van der Waals surface area (Å²) in [7, 11) is 1.30. The summed E-state index contributed by atoms with van der Waals surface area (Å²) in [4.78, 5) is 14.7. The lowest BCUT2D eigenvalue weighted by Gasteiger charge is -2.08.